The van der Waals surface area contributed by atoms with E-state index in [9.17, 15) is 13.6 Å². The number of hydrogen-bond acceptors (Lipinski definition) is 3. The van der Waals surface area contributed by atoms with Crippen LogP contribution in [0.25, 0.3) is 0 Å². The number of carboxylic acid groups (broad SMARTS) is 1. The Morgan fingerprint density at radius 3 is 2.47 bits per heavy atom. The highest BCUT2D eigenvalue weighted by molar-refractivity contribution is 5.91. The Balaban J connectivity index is 2.86. The largest absolute Gasteiger partial charge is 0.477 e. The Kier molecular flexibility index (Phi) is 4.31. The fourth-order valence-electron chi connectivity index (χ4n) is 2.43. The average Bonchev–Trinajstić information content (AvgIpc) is 2.59. The molecule has 0 saturated carbocycles. The molecule has 0 radical (unpaired) electrons. The number of halogens is 2. The molecule has 4 nitrogen and oxygen atoms in total. The first-order valence-electron chi connectivity index (χ1n) is 6.05. The van der Waals surface area contributed by atoms with E-state index in [1.165, 1.54) is 0 Å². The molecular weight excluding hydrogens is 254 g/mol. The molecule has 0 atom stereocenters. The highest BCUT2D eigenvalue weighted by atomic mass is 19.3. The Hall–Kier alpha value is -1.48. The van der Waals surface area contributed by atoms with Gasteiger partial charge in [0.2, 0.25) is 0 Å². The zero-order chi connectivity index (χ0) is 14.8. The highest BCUT2D eigenvalue weighted by Gasteiger charge is 2.43. The van der Waals surface area contributed by atoms with E-state index in [4.69, 9.17) is 10.4 Å². The number of alkyl halides is 2. The van der Waals surface area contributed by atoms with Crippen LogP contribution in [0.4, 0.5) is 8.78 Å². The topological polar surface area (TPSA) is 64.3 Å². The van der Waals surface area contributed by atoms with Crippen LogP contribution in [0.3, 0.4) is 0 Å². The van der Waals surface area contributed by atoms with Gasteiger partial charge in [0.25, 0.3) is 5.92 Å². The zero-order valence-corrected chi connectivity index (χ0v) is 11.3. The van der Waals surface area contributed by atoms with E-state index in [0.29, 0.717) is 5.57 Å². The van der Waals surface area contributed by atoms with Crippen LogP contribution in [0.5, 0.6) is 0 Å². The van der Waals surface area contributed by atoms with Crippen LogP contribution in [0.2, 0.25) is 0 Å². The molecule has 1 N–H and O–H groups in total. The van der Waals surface area contributed by atoms with E-state index in [1.54, 1.807) is 31.7 Å². The average molecular weight is 272 g/mol. The first-order chi connectivity index (χ1) is 8.59. The smallest absolute Gasteiger partial charge is 0.346 e. The zero-order valence-electron chi connectivity index (χ0n) is 11.3. The van der Waals surface area contributed by atoms with E-state index in [1.807, 2.05) is 0 Å². The van der Waals surface area contributed by atoms with Crippen LogP contribution in [-0.2, 0) is 4.79 Å². The van der Waals surface area contributed by atoms with E-state index >= 15 is 0 Å². The van der Waals surface area contributed by atoms with Crippen molar-refractivity contribution in [2.75, 3.05) is 13.1 Å². The Morgan fingerprint density at radius 1 is 1.53 bits per heavy atom. The van der Waals surface area contributed by atoms with Crippen molar-refractivity contribution in [3.8, 4) is 6.07 Å². The summed E-state index contributed by atoms with van der Waals surface area (Å²) >= 11 is 0. The second-order valence-corrected chi connectivity index (χ2v) is 5.59. The Morgan fingerprint density at radius 2 is 2.11 bits per heavy atom. The van der Waals surface area contributed by atoms with Crippen molar-refractivity contribution in [3.05, 3.63) is 11.1 Å². The first kappa shape index (κ1) is 15.6. The molecule has 0 spiro atoms. The van der Waals surface area contributed by atoms with Crippen LogP contribution >= 0.6 is 0 Å². The van der Waals surface area contributed by atoms with Gasteiger partial charge in [-0.15, -0.1) is 0 Å². The lowest BCUT2D eigenvalue weighted by molar-refractivity contribution is -0.132. The van der Waals surface area contributed by atoms with Gasteiger partial charge < -0.3 is 5.11 Å². The summed E-state index contributed by atoms with van der Waals surface area (Å²) in [6.07, 6.45) is 0.0987. The van der Waals surface area contributed by atoms with Crippen LogP contribution in [0, 0.1) is 11.3 Å². The predicted octanol–water partition coefficient (Wildman–Crippen LogP) is 2.42. The molecule has 0 unspecified atom stereocenters. The predicted molar refractivity (Wildman–Crippen MR) is 65.8 cm³/mol. The molecule has 0 amide bonds. The lowest BCUT2D eigenvalue weighted by Gasteiger charge is -2.35. The molecular formula is C13H18F2N2O2. The minimum Gasteiger partial charge on any atom is -0.477 e. The Labute approximate surface area is 111 Å². The number of likely N-dealkylation sites (tertiary alicyclic amines) is 1. The number of hydrogen-bond donors (Lipinski definition) is 1. The molecule has 0 bridgehead atoms. The van der Waals surface area contributed by atoms with Crippen molar-refractivity contribution in [2.24, 2.45) is 0 Å². The van der Waals surface area contributed by atoms with Crippen LogP contribution < -0.4 is 0 Å². The molecule has 1 rings (SSSR count). The van der Waals surface area contributed by atoms with Gasteiger partial charge in [-0.05, 0) is 32.8 Å². The maximum Gasteiger partial charge on any atom is 0.346 e. The molecule has 1 aliphatic rings. The molecule has 1 aliphatic heterocycles. The maximum absolute atomic E-state index is 13.2. The molecule has 106 valence electrons. The lowest BCUT2D eigenvalue weighted by Crippen LogP contribution is -2.43. The first-order valence-corrected chi connectivity index (χ1v) is 6.05. The molecule has 19 heavy (non-hydrogen) atoms. The number of nitriles is 1. The highest BCUT2D eigenvalue weighted by Crippen LogP contribution is 2.34. The fourth-order valence-corrected chi connectivity index (χ4v) is 2.43. The fraction of sp³-hybridized carbons (Fsp3) is 0.692. The third-order valence-electron chi connectivity index (χ3n) is 3.48. The van der Waals surface area contributed by atoms with Gasteiger partial charge in [0.1, 0.15) is 11.6 Å². The van der Waals surface area contributed by atoms with Gasteiger partial charge in [0, 0.05) is 18.5 Å². The third-order valence-corrected chi connectivity index (χ3v) is 3.48. The number of carboxylic acids is 1. The van der Waals surface area contributed by atoms with E-state index < -0.39 is 17.4 Å². The van der Waals surface area contributed by atoms with Crippen molar-refractivity contribution >= 4 is 5.97 Å². The third kappa shape index (κ3) is 3.74. The molecule has 6 heteroatoms. The molecule has 1 fully saturated rings. The SMILES string of the molecule is CC(CC(C)(C)N1CCC(F)(F)C1)=C(C#N)C(=O)O. The quantitative estimate of drug-likeness (QED) is 0.630. The van der Waals surface area contributed by atoms with E-state index in [-0.39, 0.29) is 31.5 Å². The summed E-state index contributed by atoms with van der Waals surface area (Å²) in [6.45, 7) is 5.09. The molecule has 0 aromatic carbocycles. The van der Waals surface area contributed by atoms with Gasteiger partial charge in [-0.25, -0.2) is 13.6 Å². The van der Waals surface area contributed by atoms with Crippen molar-refractivity contribution in [2.45, 2.75) is 45.1 Å². The minimum absolute atomic E-state index is 0.177. The van der Waals surface area contributed by atoms with Gasteiger partial charge >= 0.3 is 5.97 Å². The standard InChI is InChI=1S/C13H18F2N2O2/c1-9(10(7-16)11(18)19)6-12(2,3)17-5-4-13(14,15)8-17/h4-6,8H2,1-3H3,(H,18,19). The van der Waals surface area contributed by atoms with Crippen molar-refractivity contribution in [1.29, 1.82) is 5.26 Å². The van der Waals surface area contributed by atoms with Crippen LogP contribution in [-0.4, -0.2) is 40.5 Å². The van der Waals surface area contributed by atoms with Gasteiger partial charge in [0.05, 0.1) is 6.54 Å². The van der Waals surface area contributed by atoms with Crippen molar-refractivity contribution < 1.29 is 18.7 Å². The summed E-state index contributed by atoms with van der Waals surface area (Å²) in [5.74, 6) is -3.96. The number of carbonyl (C=O) groups is 1. The monoisotopic (exact) mass is 272 g/mol. The number of rotatable bonds is 4. The summed E-state index contributed by atoms with van der Waals surface area (Å²) in [4.78, 5) is 12.5. The number of nitrogens with zero attached hydrogens (tertiary/aromatic N) is 2. The molecule has 0 aromatic rings. The summed E-state index contributed by atoms with van der Waals surface area (Å²) in [5.41, 5.74) is -0.490. The lowest BCUT2D eigenvalue weighted by atomic mass is 9.91. The molecule has 0 aliphatic carbocycles. The van der Waals surface area contributed by atoms with Gasteiger partial charge in [0.15, 0.2) is 0 Å². The van der Waals surface area contributed by atoms with Crippen LogP contribution in [0.1, 0.15) is 33.6 Å². The van der Waals surface area contributed by atoms with Crippen molar-refractivity contribution in [3.63, 3.8) is 0 Å². The molecule has 1 saturated heterocycles. The molecule has 0 aromatic heterocycles. The van der Waals surface area contributed by atoms with E-state index in [0.717, 1.165) is 0 Å². The van der Waals surface area contributed by atoms with E-state index in [2.05, 4.69) is 0 Å². The second kappa shape index (κ2) is 5.25. The van der Waals surface area contributed by atoms with Crippen LogP contribution in [0.15, 0.2) is 11.1 Å². The van der Waals surface area contributed by atoms with Gasteiger partial charge in [-0.1, -0.05) is 0 Å². The normalized spacial score (nSPS) is 20.8. The summed E-state index contributed by atoms with van der Waals surface area (Å²) in [5, 5.41) is 17.7. The minimum atomic E-state index is -2.68. The summed E-state index contributed by atoms with van der Waals surface area (Å²) in [6, 6.07) is 1.64. The summed E-state index contributed by atoms with van der Waals surface area (Å²) < 4.78 is 26.4. The van der Waals surface area contributed by atoms with Crippen molar-refractivity contribution in [1.82, 2.24) is 4.90 Å². The Bertz CT molecular complexity index is 450. The van der Waals surface area contributed by atoms with Gasteiger partial charge in [-0.3, -0.25) is 4.90 Å². The van der Waals surface area contributed by atoms with Gasteiger partial charge in [-0.2, -0.15) is 5.26 Å². The number of aliphatic carboxylic acids is 1. The summed E-state index contributed by atoms with van der Waals surface area (Å²) in [7, 11) is 0. The molecule has 1 heterocycles. The maximum atomic E-state index is 13.2. The second-order valence-electron chi connectivity index (χ2n) is 5.59.